The molecule has 148 valence electrons. The summed E-state index contributed by atoms with van der Waals surface area (Å²) < 4.78 is 34.8. The number of sulfone groups is 1. The number of rotatable bonds is 14. The smallest absolute Gasteiger partial charge is 0.344 e. The van der Waals surface area contributed by atoms with Gasteiger partial charge in [-0.3, -0.25) is 0 Å². The van der Waals surface area contributed by atoms with Crippen molar-refractivity contribution in [3.05, 3.63) is 24.3 Å². The molecule has 0 heterocycles. The SMILES string of the molecule is CCCCCCCCCCS(=O)(=O)c1ccc(OCC(=O)OCC)cc1. The van der Waals surface area contributed by atoms with E-state index in [-0.39, 0.29) is 12.4 Å². The predicted octanol–water partition coefficient (Wildman–Crippen LogP) is 4.54. The molecule has 0 amide bonds. The van der Waals surface area contributed by atoms with E-state index in [0.717, 1.165) is 12.8 Å². The van der Waals surface area contributed by atoms with Gasteiger partial charge < -0.3 is 9.47 Å². The van der Waals surface area contributed by atoms with Crippen LogP contribution in [0.5, 0.6) is 5.75 Å². The molecule has 6 heteroatoms. The maximum atomic E-state index is 12.4. The van der Waals surface area contributed by atoms with E-state index in [1.54, 1.807) is 19.1 Å². The largest absolute Gasteiger partial charge is 0.482 e. The molecule has 5 nitrogen and oxygen atoms in total. The third-order valence-corrected chi connectivity index (χ3v) is 5.93. The zero-order chi connectivity index (χ0) is 19.3. The molecule has 0 aliphatic carbocycles. The number of carbonyl (C=O) groups excluding carboxylic acids is 1. The highest BCUT2D eigenvalue weighted by molar-refractivity contribution is 7.91. The molecule has 0 aromatic heterocycles. The summed E-state index contributed by atoms with van der Waals surface area (Å²) >= 11 is 0. The fourth-order valence-electron chi connectivity index (χ4n) is 2.63. The lowest BCUT2D eigenvalue weighted by Crippen LogP contribution is -2.14. The molecule has 0 saturated carbocycles. The second kappa shape index (κ2) is 12.7. The highest BCUT2D eigenvalue weighted by Gasteiger charge is 2.14. The van der Waals surface area contributed by atoms with Crippen molar-refractivity contribution >= 4 is 15.8 Å². The highest BCUT2D eigenvalue weighted by atomic mass is 32.2. The average molecular weight is 385 g/mol. The molecule has 26 heavy (non-hydrogen) atoms. The highest BCUT2D eigenvalue weighted by Crippen LogP contribution is 2.19. The van der Waals surface area contributed by atoms with Crippen molar-refractivity contribution < 1.29 is 22.7 Å². The van der Waals surface area contributed by atoms with E-state index < -0.39 is 15.8 Å². The Labute approximate surface area is 158 Å². The Hall–Kier alpha value is -1.56. The van der Waals surface area contributed by atoms with Crippen molar-refractivity contribution in [3.63, 3.8) is 0 Å². The molecule has 1 aromatic carbocycles. The second-order valence-electron chi connectivity index (χ2n) is 6.36. The normalized spacial score (nSPS) is 11.3. The summed E-state index contributed by atoms with van der Waals surface area (Å²) in [6.07, 6.45) is 8.97. The van der Waals surface area contributed by atoms with E-state index in [9.17, 15) is 13.2 Å². The lowest BCUT2D eigenvalue weighted by molar-refractivity contribution is -0.145. The number of benzene rings is 1. The molecule has 0 aliphatic heterocycles. The van der Waals surface area contributed by atoms with E-state index in [4.69, 9.17) is 9.47 Å². The third kappa shape index (κ3) is 9.22. The number of unbranched alkanes of at least 4 members (excludes halogenated alkanes) is 7. The summed E-state index contributed by atoms with van der Waals surface area (Å²) in [4.78, 5) is 11.5. The van der Waals surface area contributed by atoms with Crippen LogP contribution in [-0.4, -0.2) is 33.4 Å². The van der Waals surface area contributed by atoms with Crippen LogP contribution in [0.1, 0.15) is 65.2 Å². The molecule has 0 spiro atoms. The van der Waals surface area contributed by atoms with Gasteiger partial charge in [-0.1, -0.05) is 51.9 Å². The molecule has 0 bridgehead atoms. The fraction of sp³-hybridized carbons (Fsp3) is 0.650. The summed E-state index contributed by atoms with van der Waals surface area (Å²) in [5.41, 5.74) is 0. The minimum atomic E-state index is -3.27. The van der Waals surface area contributed by atoms with Crippen LogP contribution in [0.25, 0.3) is 0 Å². The summed E-state index contributed by atoms with van der Waals surface area (Å²) in [5.74, 6) is 0.174. The van der Waals surface area contributed by atoms with E-state index in [1.807, 2.05) is 0 Å². The van der Waals surface area contributed by atoms with Crippen LogP contribution in [0, 0.1) is 0 Å². The molecule has 1 aromatic rings. The van der Waals surface area contributed by atoms with Gasteiger partial charge in [0.05, 0.1) is 17.3 Å². The van der Waals surface area contributed by atoms with Crippen LogP contribution in [0.15, 0.2) is 29.2 Å². The van der Waals surface area contributed by atoms with E-state index >= 15 is 0 Å². The van der Waals surface area contributed by atoms with Crippen LogP contribution in [0.4, 0.5) is 0 Å². The molecule has 0 unspecified atom stereocenters. The first kappa shape index (κ1) is 22.5. The molecular formula is C20H32O5S. The van der Waals surface area contributed by atoms with Crippen molar-refractivity contribution in [1.29, 1.82) is 0 Å². The summed E-state index contributed by atoms with van der Waals surface area (Å²) in [6.45, 7) is 4.05. The lowest BCUT2D eigenvalue weighted by Gasteiger charge is -2.08. The topological polar surface area (TPSA) is 69.7 Å². The van der Waals surface area contributed by atoms with Gasteiger partial charge in [0.2, 0.25) is 0 Å². The number of esters is 1. The van der Waals surface area contributed by atoms with Crippen LogP contribution >= 0.6 is 0 Å². The zero-order valence-electron chi connectivity index (χ0n) is 16.0. The minimum absolute atomic E-state index is 0.172. The lowest BCUT2D eigenvalue weighted by atomic mass is 10.1. The monoisotopic (exact) mass is 384 g/mol. The van der Waals surface area contributed by atoms with E-state index in [0.29, 0.717) is 23.7 Å². The summed E-state index contributed by atoms with van der Waals surface area (Å²) in [7, 11) is -3.27. The number of carbonyl (C=O) groups is 1. The van der Waals surface area contributed by atoms with Gasteiger partial charge in [-0.15, -0.1) is 0 Å². The Morgan fingerprint density at radius 2 is 1.46 bits per heavy atom. The molecule has 0 fully saturated rings. The maximum Gasteiger partial charge on any atom is 0.344 e. The third-order valence-electron chi connectivity index (χ3n) is 4.11. The Kier molecular flexibility index (Phi) is 11.0. The first-order valence-electron chi connectivity index (χ1n) is 9.60. The van der Waals surface area contributed by atoms with E-state index in [1.165, 1.54) is 44.2 Å². The Morgan fingerprint density at radius 1 is 0.885 bits per heavy atom. The van der Waals surface area contributed by atoms with Gasteiger partial charge in [-0.05, 0) is 37.6 Å². The predicted molar refractivity (Wildman–Crippen MR) is 103 cm³/mol. The average Bonchev–Trinajstić information content (AvgIpc) is 2.63. The van der Waals surface area contributed by atoms with Gasteiger partial charge in [0.1, 0.15) is 5.75 Å². The molecule has 0 radical (unpaired) electrons. The first-order valence-corrected chi connectivity index (χ1v) is 11.3. The maximum absolute atomic E-state index is 12.4. The number of hydrogen-bond acceptors (Lipinski definition) is 5. The number of ether oxygens (including phenoxy) is 2. The Morgan fingerprint density at radius 3 is 2.04 bits per heavy atom. The van der Waals surface area contributed by atoms with Gasteiger partial charge in [0, 0.05) is 0 Å². The van der Waals surface area contributed by atoms with Crippen LogP contribution in [0.3, 0.4) is 0 Å². The van der Waals surface area contributed by atoms with Gasteiger partial charge in [-0.2, -0.15) is 0 Å². The fourth-order valence-corrected chi connectivity index (χ4v) is 4.00. The second-order valence-corrected chi connectivity index (χ2v) is 8.47. The number of hydrogen-bond donors (Lipinski definition) is 0. The Bertz CT molecular complexity index is 608. The summed E-state index contributed by atoms with van der Waals surface area (Å²) in [5, 5.41) is 0. The Balaban J connectivity index is 2.33. The molecular weight excluding hydrogens is 352 g/mol. The molecule has 1 rings (SSSR count). The van der Waals surface area contributed by atoms with Crippen LogP contribution in [-0.2, 0) is 19.4 Å². The standard InChI is InChI=1S/C20H32O5S/c1-3-5-6-7-8-9-10-11-16-26(22,23)19-14-12-18(13-15-19)25-17-20(21)24-4-2/h12-15H,3-11,16-17H2,1-2H3. The van der Waals surface area contributed by atoms with Crippen molar-refractivity contribution in [2.24, 2.45) is 0 Å². The van der Waals surface area contributed by atoms with Crippen molar-refractivity contribution in [3.8, 4) is 5.75 Å². The van der Waals surface area contributed by atoms with Crippen LogP contribution < -0.4 is 4.74 Å². The van der Waals surface area contributed by atoms with Crippen LogP contribution in [0.2, 0.25) is 0 Å². The zero-order valence-corrected chi connectivity index (χ0v) is 16.9. The minimum Gasteiger partial charge on any atom is -0.482 e. The molecule has 0 saturated heterocycles. The summed E-state index contributed by atoms with van der Waals surface area (Å²) in [6, 6.07) is 6.20. The van der Waals surface area contributed by atoms with Gasteiger partial charge in [0.25, 0.3) is 0 Å². The van der Waals surface area contributed by atoms with Gasteiger partial charge >= 0.3 is 5.97 Å². The van der Waals surface area contributed by atoms with Gasteiger partial charge in [0.15, 0.2) is 16.4 Å². The molecule has 0 atom stereocenters. The van der Waals surface area contributed by atoms with E-state index in [2.05, 4.69) is 6.92 Å². The van der Waals surface area contributed by atoms with Gasteiger partial charge in [-0.25, -0.2) is 13.2 Å². The molecule has 0 aliphatic rings. The first-order chi connectivity index (χ1) is 12.5. The van der Waals surface area contributed by atoms with Crippen molar-refractivity contribution in [2.75, 3.05) is 19.0 Å². The quantitative estimate of drug-likeness (QED) is 0.348. The molecule has 0 N–H and O–H groups in total. The van der Waals surface area contributed by atoms with Crippen molar-refractivity contribution in [2.45, 2.75) is 70.1 Å². The van der Waals surface area contributed by atoms with Crippen molar-refractivity contribution in [1.82, 2.24) is 0 Å².